The molecule has 0 aliphatic heterocycles. The van der Waals surface area contributed by atoms with Crippen LogP contribution in [0.4, 0.5) is 0 Å². The molecule has 0 spiro atoms. The van der Waals surface area contributed by atoms with Crippen LogP contribution in [0.5, 0.6) is 0 Å². The number of hydrogen-bond donors (Lipinski definition) is 2. The highest BCUT2D eigenvalue weighted by Crippen LogP contribution is 2.10. The molecule has 0 heterocycles. The van der Waals surface area contributed by atoms with E-state index in [1.807, 2.05) is 0 Å². The molecule has 0 radical (unpaired) electrons. The largest absolute Gasteiger partial charge is 0.240 e. The van der Waals surface area contributed by atoms with E-state index in [2.05, 4.69) is 9.44 Å². The predicted octanol–water partition coefficient (Wildman–Crippen LogP) is -0.177. The molecule has 0 aliphatic carbocycles. The molecule has 8 heteroatoms. The van der Waals surface area contributed by atoms with E-state index in [0.29, 0.717) is 0 Å². The number of hydrogen-bond acceptors (Lipinski definition) is 4. The molecule has 0 aromatic heterocycles. The summed E-state index contributed by atoms with van der Waals surface area (Å²) in [6.45, 7) is 1.62. The van der Waals surface area contributed by atoms with Crippen molar-refractivity contribution >= 4 is 20.0 Å². The van der Waals surface area contributed by atoms with Gasteiger partial charge in [-0.15, -0.1) is 0 Å². The minimum atomic E-state index is -3.66. The molecule has 0 unspecified atom stereocenters. The second-order valence-corrected chi connectivity index (χ2v) is 7.55. The van der Waals surface area contributed by atoms with Crippen LogP contribution in [0.2, 0.25) is 0 Å². The molecule has 0 amide bonds. The molecule has 1 rings (SSSR count). The second-order valence-electron chi connectivity index (χ2n) is 3.74. The van der Waals surface area contributed by atoms with E-state index in [1.54, 1.807) is 19.1 Å². The minimum Gasteiger partial charge on any atom is -0.218 e. The fraction of sp³-hybridized carbons (Fsp3) is 0.400. The van der Waals surface area contributed by atoms with Gasteiger partial charge >= 0.3 is 0 Å². The van der Waals surface area contributed by atoms with E-state index < -0.39 is 20.0 Å². The van der Waals surface area contributed by atoms with Gasteiger partial charge in [0.1, 0.15) is 0 Å². The average molecular weight is 292 g/mol. The van der Waals surface area contributed by atoms with Crippen molar-refractivity contribution in [2.75, 3.05) is 19.3 Å². The lowest BCUT2D eigenvalue weighted by Gasteiger charge is -2.07. The highest BCUT2D eigenvalue weighted by molar-refractivity contribution is 7.90. The first-order chi connectivity index (χ1) is 8.27. The molecule has 2 N–H and O–H groups in total. The van der Waals surface area contributed by atoms with Crippen LogP contribution < -0.4 is 9.44 Å². The van der Waals surface area contributed by atoms with Crippen molar-refractivity contribution in [3.8, 4) is 0 Å². The second kappa shape index (κ2) is 5.79. The third-order valence-electron chi connectivity index (χ3n) is 2.27. The maximum absolute atomic E-state index is 11.8. The SMILES string of the molecule is CNS(=O)(=O)CCNS(=O)(=O)c1cccc(C)c1. The average Bonchev–Trinajstić information content (AvgIpc) is 2.28. The molecule has 1 aromatic carbocycles. The number of benzene rings is 1. The van der Waals surface area contributed by atoms with Crippen molar-refractivity contribution in [3.05, 3.63) is 29.8 Å². The molecule has 0 saturated carbocycles. The molecule has 102 valence electrons. The summed E-state index contributed by atoms with van der Waals surface area (Å²) < 4.78 is 50.3. The van der Waals surface area contributed by atoms with Crippen molar-refractivity contribution in [3.63, 3.8) is 0 Å². The van der Waals surface area contributed by atoms with Crippen LogP contribution in [-0.2, 0) is 20.0 Å². The van der Waals surface area contributed by atoms with Crippen LogP contribution in [0.25, 0.3) is 0 Å². The summed E-state index contributed by atoms with van der Waals surface area (Å²) >= 11 is 0. The highest BCUT2D eigenvalue weighted by Gasteiger charge is 2.15. The van der Waals surface area contributed by atoms with Crippen molar-refractivity contribution in [1.29, 1.82) is 0 Å². The monoisotopic (exact) mass is 292 g/mol. The lowest BCUT2D eigenvalue weighted by molar-refractivity contribution is 0.578. The van der Waals surface area contributed by atoms with E-state index in [-0.39, 0.29) is 17.2 Å². The molecular formula is C10H16N2O4S2. The zero-order valence-electron chi connectivity index (χ0n) is 10.2. The fourth-order valence-electron chi connectivity index (χ4n) is 1.28. The number of rotatable bonds is 6. The van der Waals surface area contributed by atoms with E-state index in [9.17, 15) is 16.8 Å². The Bertz CT molecular complexity index is 609. The van der Waals surface area contributed by atoms with Gasteiger partial charge in [-0.2, -0.15) is 0 Å². The van der Waals surface area contributed by atoms with Crippen molar-refractivity contribution < 1.29 is 16.8 Å². The Labute approximate surface area is 108 Å². The van der Waals surface area contributed by atoms with Gasteiger partial charge in [0, 0.05) is 6.54 Å². The van der Waals surface area contributed by atoms with Crippen molar-refractivity contribution in [1.82, 2.24) is 9.44 Å². The molecule has 6 nitrogen and oxygen atoms in total. The first kappa shape index (κ1) is 15.1. The van der Waals surface area contributed by atoms with E-state index in [0.717, 1.165) is 5.56 Å². The van der Waals surface area contributed by atoms with Gasteiger partial charge in [-0.3, -0.25) is 0 Å². The molecule has 0 fully saturated rings. The van der Waals surface area contributed by atoms with Gasteiger partial charge in [0.2, 0.25) is 20.0 Å². The Morgan fingerprint density at radius 3 is 2.39 bits per heavy atom. The smallest absolute Gasteiger partial charge is 0.218 e. The van der Waals surface area contributed by atoms with Crippen molar-refractivity contribution in [2.24, 2.45) is 0 Å². The highest BCUT2D eigenvalue weighted by atomic mass is 32.2. The van der Waals surface area contributed by atoms with Crippen LogP contribution in [0.15, 0.2) is 29.2 Å². The summed E-state index contributed by atoms with van der Waals surface area (Å²) in [4.78, 5) is 0.129. The molecule has 18 heavy (non-hydrogen) atoms. The van der Waals surface area contributed by atoms with Gasteiger partial charge in [0.25, 0.3) is 0 Å². The lowest BCUT2D eigenvalue weighted by atomic mass is 10.2. The maximum atomic E-state index is 11.8. The number of nitrogens with one attached hydrogen (secondary N) is 2. The Balaban J connectivity index is 2.72. The first-order valence-corrected chi connectivity index (χ1v) is 8.38. The zero-order valence-corrected chi connectivity index (χ0v) is 11.8. The quantitative estimate of drug-likeness (QED) is 0.761. The predicted molar refractivity (Wildman–Crippen MR) is 69.2 cm³/mol. The summed E-state index contributed by atoms with van der Waals surface area (Å²) in [5, 5.41) is 0. The van der Waals surface area contributed by atoms with Crippen LogP contribution >= 0.6 is 0 Å². The van der Waals surface area contributed by atoms with E-state index >= 15 is 0 Å². The summed E-state index contributed by atoms with van der Waals surface area (Å²) in [5.41, 5.74) is 0.820. The van der Waals surface area contributed by atoms with Gasteiger partial charge < -0.3 is 0 Å². The van der Waals surface area contributed by atoms with Gasteiger partial charge in [0.15, 0.2) is 0 Å². The zero-order chi connectivity index (χ0) is 13.8. The van der Waals surface area contributed by atoms with E-state index in [4.69, 9.17) is 0 Å². The Hall–Kier alpha value is -0.960. The summed E-state index contributed by atoms with van der Waals surface area (Å²) in [6.07, 6.45) is 0. The molecular weight excluding hydrogens is 276 g/mol. The summed E-state index contributed by atoms with van der Waals surface area (Å²) in [6, 6.07) is 6.40. The lowest BCUT2D eigenvalue weighted by Crippen LogP contribution is -2.33. The van der Waals surface area contributed by atoms with Gasteiger partial charge in [0.05, 0.1) is 10.6 Å². The van der Waals surface area contributed by atoms with E-state index in [1.165, 1.54) is 19.2 Å². The van der Waals surface area contributed by atoms with Crippen LogP contribution in [0.3, 0.4) is 0 Å². The molecule has 1 aromatic rings. The Morgan fingerprint density at radius 2 is 1.83 bits per heavy atom. The number of aryl methyl sites for hydroxylation is 1. The van der Waals surface area contributed by atoms with Crippen LogP contribution in [-0.4, -0.2) is 36.2 Å². The molecule has 0 bridgehead atoms. The van der Waals surface area contributed by atoms with Crippen LogP contribution in [0, 0.1) is 6.92 Å². The third kappa shape index (κ3) is 4.37. The number of sulfonamides is 2. The van der Waals surface area contributed by atoms with Gasteiger partial charge in [-0.1, -0.05) is 12.1 Å². The topological polar surface area (TPSA) is 92.3 Å². The minimum absolute atomic E-state index is 0.129. The van der Waals surface area contributed by atoms with Gasteiger partial charge in [-0.05, 0) is 31.7 Å². The molecule has 0 saturated heterocycles. The van der Waals surface area contributed by atoms with Crippen LogP contribution in [0.1, 0.15) is 5.56 Å². The first-order valence-electron chi connectivity index (χ1n) is 5.24. The maximum Gasteiger partial charge on any atom is 0.240 e. The van der Waals surface area contributed by atoms with Crippen molar-refractivity contribution in [2.45, 2.75) is 11.8 Å². The summed E-state index contributed by atoms with van der Waals surface area (Å²) in [7, 11) is -5.78. The Kier molecular flexibility index (Phi) is 4.85. The molecule has 0 atom stereocenters. The third-order valence-corrected chi connectivity index (χ3v) is 5.10. The van der Waals surface area contributed by atoms with Gasteiger partial charge in [-0.25, -0.2) is 26.3 Å². The fourth-order valence-corrected chi connectivity index (χ4v) is 3.12. The normalized spacial score (nSPS) is 12.6. The molecule has 0 aliphatic rings. The summed E-state index contributed by atoms with van der Waals surface area (Å²) in [5.74, 6) is -0.297. The standard InChI is InChI=1S/C10H16N2O4S2/c1-9-4-3-5-10(8-9)18(15,16)12-6-7-17(13,14)11-2/h3-5,8,11-12H,6-7H2,1-2H3. The Morgan fingerprint density at radius 1 is 1.17 bits per heavy atom.